The van der Waals surface area contributed by atoms with Gasteiger partial charge in [-0.25, -0.2) is 4.98 Å². The number of amides is 2. The maximum Gasteiger partial charge on any atom is 0.435 e. The SMILES string of the molecule is CNC1CCN(C(=O)c2ccc(NC(=O)c3ncc(-c4cn(C5CC5)nc4C(F)(F)F)n3C)cc2Cl)CC1. The molecule has 0 bridgehead atoms. The fourth-order valence-electron chi connectivity index (χ4n) is 4.68. The zero-order chi connectivity index (χ0) is 27.2. The molecule has 2 amide bonds. The van der Waals surface area contributed by atoms with Crippen molar-refractivity contribution in [1.29, 1.82) is 0 Å². The van der Waals surface area contributed by atoms with Gasteiger partial charge in [-0.15, -0.1) is 0 Å². The first-order valence-electron chi connectivity index (χ1n) is 12.3. The molecular formula is C25H27ClF3N7O2. The van der Waals surface area contributed by atoms with Crippen LogP contribution in [-0.4, -0.2) is 62.2 Å². The Morgan fingerprint density at radius 3 is 2.45 bits per heavy atom. The number of piperidine rings is 1. The number of aromatic nitrogens is 4. The van der Waals surface area contributed by atoms with Gasteiger partial charge in [-0.05, 0) is 50.9 Å². The summed E-state index contributed by atoms with van der Waals surface area (Å²) in [5.41, 5.74) is -0.369. The van der Waals surface area contributed by atoms with E-state index < -0.39 is 17.8 Å². The van der Waals surface area contributed by atoms with E-state index in [1.807, 2.05) is 7.05 Å². The van der Waals surface area contributed by atoms with E-state index in [0.717, 1.165) is 25.7 Å². The number of rotatable bonds is 6. The second-order valence-corrected chi connectivity index (χ2v) is 10.0. The molecule has 2 aliphatic rings. The molecule has 1 aliphatic heterocycles. The fourth-order valence-corrected chi connectivity index (χ4v) is 4.94. The van der Waals surface area contributed by atoms with Crippen LogP contribution < -0.4 is 10.6 Å². The molecule has 0 spiro atoms. The van der Waals surface area contributed by atoms with E-state index in [0.29, 0.717) is 30.4 Å². The zero-order valence-electron chi connectivity index (χ0n) is 20.8. The maximum absolute atomic E-state index is 13.7. The number of hydrogen-bond acceptors (Lipinski definition) is 5. The molecule has 0 radical (unpaired) electrons. The van der Waals surface area contributed by atoms with Gasteiger partial charge in [0.25, 0.3) is 11.8 Å². The average molecular weight is 550 g/mol. The van der Waals surface area contributed by atoms with Crippen molar-refractivity contribution >= 4 is 29.1 Å². The summed E-state index contributed by atoms with van der Waals surface area (Å²) < 4.78 is 43.6. The predicted molar refractivity (Wildman–Crippen MR) is 135 cm³/mol. The number of benzene rings is 1. The molecule has 9 nitrogen and oxygen atoms in total. The summed E-state index contributed by atoms with van der Waals surface area (Å²) in [5, 5.41) is 9.82. The molecule has 5 rings (SSSR count). The molecule has 0 atom stereocenters. The van der Waals surface area contributed by atoms with Gasteiger partial charge in [0.1, 0.15) is 0 Å². The van der Waals surface area contributed by atoms with E-state index in [1.165, 1.54) is 34.8 Å². The summed E-state index contributed by atoms with van der Waals surface area (Å²) in [7, 11) is 3.37. The van der Waals surface area contributed by atoms with Gasteiger partial charge >= 0.3 is 6.18 Å². The highest BCUT2D eigenvalue weighted by molar-refractivity contribution is 6.34. The van der Waals surface area contributed by atoms with E-state index in [1.54, 1.807) is 17.0 Å². The minimum Gasteiger partial charge on any atom is -0.338 e. The Morgan fingerprint density at radius 2 is 1.84 bits per heavy atom. The summed E-state index contributed by atoms with van der Waals surface area (Å²) >= 11 is 6.39. The van der Waals surface area contributed by atoms with Crippen molar-refractivity contribution < 1.29 is 22.8 Å². The lowest BCUT2D eigenvalue weighted by atomic mass is 10.0. The van der Waals surface area contributed by atoms with Gasteiger partial charge in [0.2, 0.25) is 0 Å². The number of nitrogens with zero attached hydrogens (tertiary/aromatic N) is 5. The number of nitrogens with one attached hydrogen (secondary N) is 2. The van der Waals surface area contributed by atoms with Gasteiger partial charge in [-0.1, -0.05) is 11.6 Å². The van der Waals surface area contributed by atoms with Crippen LogP contribution >= 0.6 is 11.6 Å². The second-order valence-electron chi connectivity index (χ2n) is 9.63. The zero-order valence-corrected chi connectivity index (χ0v) is 21.6. The fraction of sp³-hybridized carbons (Fsp3) is 0.440. The molecule has 38 heavy (non-hydrogen) atoms. The van der Waals surface area contributed by atoms with E-state index in [2.05, 4.69) is 20.7 Å². The van der Waals surface area contributed by atoms with Crippen LogP contribution in [0.25, 0.3) is 11.3 Å². The van der Waals surface area contributed by atoms with E-state index in [9.17, 15) is 22.8 Å². The largest absolute Gasteiger partial charge is 0.435 e. The lowest BCUT2D eigenvalue weighted by Crippen LogP contribution is -2.44. The highest BCUT2D eigenvalue weighted by Gasteiger charge is 2.40. The topological polar surface area (TPSA) is 97.1 Å². The molecule has 202 valence electrons. The first-order valence-corrected chi connectivity index (χ1v) is 12.7. The molecule has 3 heterocycles. The third kappa shape index (κ3) is 5.14. The monoisotopic (exact) mass is 549 g/mol. The third-order valence-electron chi connectivity index (χ3n) is 7.04. The summed E-state index contributed by atoms with van der Waals surface area (Å²) in [6.45, 7) is 1.24. The van der Waals surface area contributed by atoms with Gasteiger partial charge in [-0.2, -0.15) is 18.3 Å². The lowest BCUT2D eigenvalue weighted by Gasteiger charge is -2.32. The second kappa shape index (κ2) is 10.1. The number of halogens is 4. The Kier molecular flexibility index (Phi) is 6.95. The normalized spacial score (nSPS) is 16.6. The molecule has 13 heteroatoms. The van der Waals surface area contributed by atoms with Crippen molar-refractivity contribution in [2.75, 3.05) is 25.5 Å². The summed E-state index contributed by atoms with van der Waals surface area (Å²) in [5.74, 6) is -0.898. The average Bonchev–Trinajstić information content (AvgIpc) is 3.51. The van der Waals surface area contributed by atoms with E-state index in [-0.39, 0.29) is 34.1 Å². The first kappa shape index (κ1) is 26.2. The van der Waals surface area contributed by atoms with Crippen LogP contribution in [0.4, 0.5) is 18.9 Å². The van der Waals surface area contributed by atoms with Crippen molar-refractivity contribution in [3.63, 3.8) is 0 Å². The van der Waals surface area contributed by atoms with Gasteiger partial charge in [-0.3, -0.25) is 14.3 Å². The first-order chi connectivity index (χ1) is 18.1. The van der Waals surface area contributed by atoms with Gasteiger partial charge in [0.15, 0.2) is 11.5 Å². The van der Waals surface area contributed by atoms with Crippen molar-refractivity contribution in [3.8, 4) is 11.3 Å². The van der Waals surface area contributed by atoms with Crippen molar-refractivity contribution in [1.82, 2.24) is 29.5 Å². The Hall–Kier alpha value is -3.38. The maximum atomic E-state index is 13.7. The minimum absolute atomic E-state index is 0.0411. The Balaban J connectivity index is 1.32. The van der Waals surface area contributed by atoms with Gasteiger partial charge in [0.05, 0.1) is 34.1 Å². The molecule has 2 aromatic heterocycles. The van der Waals surface area contributed by atoms with E-state index in [4.69, 9.17) is 11.6 Å². The molecule has 3 aromatic rings. The van der Waals surface area contributed by atoms with E-state index >= 15 is 0 Å². The van der Waals surface area contributed by atoms with Crippen LogP contribution in [-0.2, 0) is 13.2 Å². The van der Waals surface area contributed by atoms with Crippen molar-refractivity contribution in [2.24, 2.45) is 7.05 Å². The van der Waals surface area contributed by atoms with Crippen LogP contribution in [0, 0.1) is 0 Å². The minimum atomic E-state index is -4.65. The molecule has 0 unspecified atom stereocenters. The standard InChI is InChI=1S/C25H27ClF3N7O2/c1-30-14-7-9-35(10-8-14)24(38)17-6-3-15(11-19(17)26)32-23(37)22-31-12-20(34(22)2)18-13-36(16-4-5-16)33-21(18)25(27,28)29/h3,6,11-14,16,30H,4-5,7-10H2,1-2H3,(H,32,37). The number of imidazole rings is 1. The quantitative estimate of drug-likeness (QED) is 0.476. The Labute approximate surface area is 222 Å². The summed E-state index contributed by atoms with van der Waals surface area (Å²) in [6.07, 6.45) is 1.19. The Morgan fingerprint density at radius 1 is 1.13 bits per heavy atom. The lowest BCUT2D eigenvalue weighted by molar-refractivity contribution is -0.141. The van der Waals surface area contributed by atoms with Crippen molar-refractivity contribution in [2.45, 2.75) is 43.9 Å². The van der Waals surface area contributed by atoms with Crippen molar-refractivity contribution in [3.05, 3.63) is 52.7 Å². The molecule has 1 saturated heterocycles. The molecule has 2 N–H and O–H groups in total. The smallest absolute Gasteiger partial charge is 0.338 e. The summed E-state index contributed by atoms with van der Waals surface area (Å²) in [6, 6.07) is 4.92. The van der Waals surface area contributed by atoms with Crippen LogP contribution in [0.2, 0.25) is 5.02 Å². The highest BCUT2D eigenvalue weighted by Crippen LogP contribution is 2.41. The van der Waals surface area contributed by atoms with Gasteiger partial charge < -0.3 is 20.1 Å². The molecular weight excluding hydrogens is 523 g/mol. The number of alkyl halides is 3. The van der Waals surface area contributed by atoms with Crippen LogP contribution in [0.3, 0.4) is 0 Å². The Bertz CT molecular complexity index is 1370. The number of carbonyl (C=O) groups is 2. The number of hydrogen-bond donors (Lipinski definition) is 2. The number of likely N-dealkylation sites (tertiary alicyclic amines) is 1. The number of anilines is 1. The molecule has 2 fully saturated rings. The molecule has 1 aromatic carbocycles. The highest BCUT2D eigenvalue weighted by atomic mass is 35.5. The molecule has 1 saturated carbocycles. The summed E-state index contributed by atoms with van der Waals surface area (Å²) in [4.78, 5) is 31.7. The predicted octanol–water partition coefficient (Wildman–Crippen LogP) is 4.37. The third-order valence-corrected chi connectivity index (χ3v) is 7.35. The molecule has 1 aliphatic carbocycles. The van der Waals surface area contributed by atoms with Crippen LogP contribution in [0.5, 0.6) is 0 Å². The van der Waals surface area contributed by atoms with Crippen LogP contribution in [0.1, 0.15) is 58.4 Å². The number of carbonyl (C=O) groups excluding carboxylic acids is 2. The van der Waals surface area contributed by atoms with Gasteiger partial charge in [0, 0.05) is 38.1 Å². The van der Waals surface area contributed by atoms with Crippen LogP contribution in [0.15, 0.2) is 30.6 Å².